The van der Waals surface area contributed by atoms with E-state index in [0.29, 0.717) is 29.4 Å². The zero-order valence-corrected chi connectivity index (χ0v) is 19.9. The number of aliphatic imine (C=N–C) groups is 1. The van der Waals surface area contributed by atoms with Crippen molar-refractivity contribution in [1.82, 2.24) is 10.0 Å². The molecule has 3 N–H and O–H groups in total. The van der Waals surface area contributed by atoms with Crippen LogP contribution in [0, 0.1) is 0 Å². The quantitative estimate of drug-likeness (QED) is 0.444. The van der Waals surface area contributed by atoms with Gasteiger partial charge in [-0.1, -0.05) is 42.5 Å². The minimum Gasteiger partial charge on any atom is -0.339 e. The Hall–Kier alpha value is -3.50. The van der Waals surface area contributed by atoms with Gasteiger partial charge >= 0.3 is 0 Å². The molecule has 0 fully saturated rings. The number of sulfonamides is 1. The summed E-state index contributed by atoms with van der Waals surface area (Å²) in [4.78, 5) is 30.5. The van der Waals surface area contributed by atoms with E-state index in [1.54, 1.807) is 29.6 Å². The van der Waals surface area contributed by atoms with E-state index in [1.165, 1.54) is 23.5 Å². The van der Waals surface area contributed by atoms with Crippen LogP contribution in [0.4, 0.5) is 5.69 Å². The Morgan fingerprint density at radius 3 is 2.56 bits per heavy atom. The number of thiophene rings is 1. The Labute approximate surface area is 202 Å². The van der Waals surface area contributed by atoms with E-state index in [2.05, 4.69) is 20.3 Å². The van der Waals surface area contributed by atoms with Gasteiger partial charge in [-0.05, 0) is 41.6 Å². The number of amidine groups is 1. The van der Waals surface area contributed by atoms with Crippen LogP contribution in [0.1, 0.15) is 28.1 Å². The number of carbonyl (C=O) groups excluding carboxylic acids is 2. The average Bonchev–Trinajstić information content (AvgIpc) is 3.54. The van der Waals surface area contributed by atoms with Crippen LogP contribution in [-0.2, 0) is 21.2 Å². The van der Waals surface area contributed by atoms with Gasteiger partial charge in [-0.25, -0.2) is 8.42 Å². The first-order valence-corrected chi connectivity index (χ1v) is 13.1. The second kappa shape index (κ2) is 10.6. The smallest absolute Gasteiger partial charge is 0.262 e. The van der Waals surface area contributed by atoms with Crippen molar-refractivity contribution >= 4 is 44.7 Å². The summed E-state index contributed by atoms with van der Waals surface area (Å²) in [7, 11) is -3.82. The van der Waals surface area contributed by atoms with E-state index in [4.69, 9.17) is 0 Å². The highest BCUT2D eigenvalue weighted by molar-refractivity contribution is 7.90. The maximum absolute atomic E-state index is 13.2. The topological polar surface area (TPSA) is 117 Å². The number of amides is 2. The molecule has 2 aromatic carbocycles. The van der Waals surface area contributed by atoms with E-state index in [9.17, 15) is 18.0 Å². The summed E-state index contributed by atoms with van der Waals surface area (Å²) >= 11 is 1.29. The molecule has 0 saturated heterocycles. The second-order valence-corrected chi connectivity index (χ2v) is 10.4. The highest BCUT2D eigenvalue weighted by Crippen LogP contribution is 2.18. The molecular formula is C24H24N4O4S2. The van der Waals surface area contributed by atoms with Crippen molar-refractivity contribution in [3.63, 3.8) is 0 Å². The van der Waals surface area contributed by atoms with Gasteiger partial charge < -0.3 is 10.6 Å². The van der Waals surface area contributed by atoms with Gasteiger partial charge in [0, 0.05) is 25.1 Å². The molecule has 0 radical (unpaired) electrons. The van der Waals surface area contributed by atoms with Crippen molar-refractivity contribution in [2.24, 2.45) is 4.99 Å². The fourth-order valence-corrected chi connectivity index (χ4v) is 5.26. The van der Waals surface area contributed by atoms with Crippen molar-refractivity contribution in [1.29, 1.82) is 0 Å². The summed E-state index contributed by atoms with van der Waals surface area (Å²) < 4.78 is 27.9. The molecule has 34 heavy (non-hydrogen) atoms. The van der Waals surface area contributed by atoms with Crippen molar-refractivity contribution in [2.75, 3.05) is 11.9 Å². The van der Waals surface area contributed by atoms with Gasteiger partial charge in [-0.3, -0.25) is 19.3 Å². The molecule has 2 amide bonds. The summed E-state index contributed by atoms with van der Waals surface area (Å²) in [6.07, 6.45) is 1.68. The molecule has 2 heterocycles. The molecule has 1 atom stereocenters. The van der Waals surface area contributed by atoms with Crippen LogP contribution < -0.4 is 15.4 Å². The Balaban J connectivity index is 1.51. The lowest BCUT2D eigenvalue weighted by atomic mass is 10.0. The fourth-order valence-electron chi connectivity index (χ4n) is 3.50. The summed E-state index contributed by atoms with van der Waals surface area (Å²) in [6, 6.07) is 17.9. The van der Waals surface area contributed by atoms with Gasteiger partial charge in [-0.15, -0.1) is 11.3 Å². The lowest BCUT2D eigenvalue weighted by molar-refractivity contribution is -0.118. The molecule has 0 spiro atoms. The first-order valence-electron chi connectivity index (χ1n) is 10.8. The standard InChI is InChI=1S/C24H24N4O4S2/c29-23(20(15-17-7-2-1-3-8-17)27-24(30)21-11-6-14-33-21)26-18-9-4-10-19(16-18)34(31,32)28-22-12-5-13-25-22/h1-4,6-11,14,16,20H,5,12-13,15H2,(H,25,28)(H,26,29)(H,27,30)/t20-/m0/s1. The molecule has 0 aliphatic carbocycles. The largest absolute Gasteiger partial charge is 0.339 e. The van der Waals surface area contributed by atoms with Crippen LogP contribution in [0.2, 0.25) is 0 Å². The molecule has 176 valence electrons. The van der Waals surface area contributed by atoms with Gasteiger partial charge in [0.05, 0.1) is 9.77 Å². The molecule has 0 bridgehead atoms. The molecule has 1 aliphatic rings. The van der Waals surface area contributed by atoms with Crippen LogP contribution in [0.5, 0.6) is 0 Å². The van der Waals surface area contributed by atoms with E-state index in [0.717, 1.165) is 12.0 Å². The number of anilines is 1. The molecule has 3 aromatic rings. The maximum Gasteiger partial charge on any atom is 0.262 e. The third kappa shape index (κ3) is 6.09. The second-order valence-electron chi connectivity index (χ2n) is 7.75. The van der Waals surface area contributed by atoms with E-state index in [1.807, 2.05) is 30.3 Å². The van der Waals surface area contributed by atoms with Crippen molar-refractivity contribution < 1.29 is 18.0 Å². The summed E-state index contributed by atoms with van der Waals surface area (Å²) in [5.74, 6) is -0.353. The zero-order valence-electron chi connectivity index (χ0n) is 18.2. The lowest BCUT2D eigenvalue weighted by Gasteiger charge is -2.19. The van der Waals surface area contributed by atoms with E-state index >= 15 is 0 Å². The molecule has 1 aliphatic heterocycles. The number of hydrogen-bond acceptors (Lipinski definition) is 6. The number of hydrogen-bond donors (Lipinski definition) is 3. The molecule has 10 heteroatoms. The molecule has 0 saturated carbocycles. The predicted molar refractivity (Wildman–Crippen MR) is 133 cm³/mol. The Morgan fingerprint density at radius 1 is 1.03 bits per heavy atom. The third-order valence-electron chi connectivity index (χ3n) is 5.19. The summed E-state index contributed by atoms with van der Waals surface area (Å²) in [6.45, 7) is 0.605. The summed E-state index contributed by atoms with van der Waals surface area (Å²) in [5.41, 5.74) is 1.19. The molecule has 4 rings (SSSR count). The lowest BCUT2D eigenvalue weighted by Crippen LogP contribution is -2.45. The van der Waals surface area contributed by atoms with Gasteiger partial charge in [0.1, 0.15) is 11.9 Å². The Kier molecular flexibility index (Phi) is 7.39. The third-order valence-corrected chi connectivity index (χ3v) is 7.44. The van der Waals surface area contributed by atoms with E-state index < -0.39 is 22.0 Å². The number of nitrogens with zero attached hydrogens (tertiary/aromatic N) is 1. The monoisotopic (exact) mass is 496 g/mol. The molecule has 1 aromatic heterocycles. The minimum absolute atomic E-state index is 0.0159. The SMILES string of the molecule is O=C(N[C@@H](Cc1ccccc1)C(=O)Nc1cccc(S(=O)(=O)NC2=NCCC2)c1)c1cccs1. The number of benzene rings is 2. The average molecular weight is 497 g/mol. The first-order chi connectivity index (χ1) is 16.4. The zero-order chi connectivity index (χ0) is 24.0. The highest BCUT2D eigenvalue weighted by atomic mass is 32.2. The Morgan fingerprint density at radius 2 is 1.85 bits per heavy atom. The normalized spacial score (nSPS) is 14.2. The van der Waals surface area contributed by atoms with Crippen LogP contribution in [-0.4, -0.2) is 38.7 Å². The number of rotatable bonds is 8. The molecule has 8 nitrogen and oxygen atoms in total. The van der Waals surface area contributed by atoms with Crippen LogP contribution >= 0.6 is 11.3 Å². The minimum atomic E-state index is -3.82. The molecule has 0 unspecified atom stereocenters. The maximum atomic E-state index is 13.2. The first kappa shape index (κ1) is 23.7. The fraction of sp³-hybridized carbons (Fsp3) is 0.208. The number of carbonyl (C=O) groups is 2. The van der Waals surface area contributed by atoms with Crippen molar-refractivity contribution in [3.8, 4) is 0 Å². The van der Waals surface area contributed by atoms with Gasteiger partial charge in [-0.2, -0.15) is 0 Å². The van der Waals surface area contributed by atoms with Gasteiger partial charge in [0.2, 0.25) is 5.91 Å². The van der Waals surface area contributed by atoms with Crippen LogP contribution in [0.25, 0.3) is 0 Å². The molecular weight excluding hydrogens is 472 g/mol. The highest BCUT2D eigenvalue weighted by Gasteiger charge is 2.24. The predicted octanol–water partition coefficient (Wildman–Crippen LogP) is 3.20. The van der Waals surface area contributed by atoms with E-state index in [-0.39, 0.29) is 17.2 Å². The summed E-state index contributed by atoms with van der Waals surface area (Å²) in [5, 5.41) is 7.33. The Bertz CT molecular complexity index is 1290. The van der Waals surface area contributed by atoms with Crippen LogP contribution in [0.3, 0.4) is 0 Å². The number of nitrogens with one attached hydrogen (secondary N) is 3. The van der Waals surface area contributed by atoms with Gasteiger partial charge in [0.25, 0.3) is 15.9 Å². The van der Waals surface area contributed by atoms with Crippen LogP contribution in [0.15, 0.2) is 82.0 Å². The van der Waals surface area contributed by atoms with Crippen molar-refractivity contribution in [3.05, 3.63) is 82.6 Å². The van der Waals surface area contributed by atoms with Gasteiger partial charge in [0.15, 0.2) is 0 Å². The van der Waals surface area contributed by atoms with Crippen molar-refractivity contribution in [2.45, 2.75) is 30.2 Å².